The first-order valence-corrected chi connectivity index (χ1v) is 3.99. The Morgan fingerprint density at radius 3 is 2.79 bits per heavy atom. The van der Waals surface area contributed by atoms with Gasteiger partial charge in [-0.15, -0.1) is 0 Å². The summed E-state index contributed by atoms with van der Waals surface area (Å²) < 4.78 is 11.8. The molecule has 4 N–H and O–H groups in total. The Kier molecular flexibility index (Phi) is 6.16. The van der Waals surface area contributed by atoms with Gasteiger partial charge in [0, 0.05) is 12.1 Å². The van der Waals surface area contributed by atoms with Gasteiger partial charge in [0.15, 0.2) is 0 Å². The lowest BCUT2D eigenvalue weighted by Crippen LogP contribution is -2.29. The van der Waals surface area contributed by atoms with Gasteiger partial charge < -0.3 is 16.2 Å². The minimum absolute atomic E-state index is 0.0825. The van der Waals surface area contributed by atoms with Crippen LogP contribution in [-0.4, -0.2) is 30.3 Å². The zero-order chi connectivity index (χ0) is 11.0. The molecule has 1 atom stereocenters. The minimum Gasteiger partial charge on any atom is -0.480 e. The molecule has 0 bridgehead atoms. The lowest BCUT2D eigenvalue weighted by molar-refractivity contribution is -0.138. The number of hydrogen-bond donors (Lipinski definition) is 3. The van der Waals surface area contributed by atoms with Gasteiger partial charge in [0.2, 0.25) is 0 Å². The number of carbonyl (C=O) groups is 1. The second-order valence-corrected chi connectivity index (χ2v) is 2.59. The summed E-state index contributed by atoms with van der Waals surface area (Å²) in [6, 6.07) is -0.966. The number of aliphatic carboxylic acids is 1. The summed E-state index contributed by atoms with van der Waals surface area (Å²) >= 11 is 0. The third-order valence-corrected chi connectivity index (χ3v) is 1.35. The van der Waals surface area contributed by atoms with Crippen LogP contribution >= 0.6 is 0 Å². The fraction of sp³-hybridized carbons (Fsp3) is 0.444. The molecule has 0 aromatic carbocycles. The van der Waals surface area contributed by atoms with E-state index in [0.717, 1.165) is 0 Å². The first-order valence-electron chi connectivity index (χ1n) is 3.99. The molecule has 5 heteroatoms. The Hall–Kier alpha value is -1.54. The van der Waals surface area contributed by atoms with Crippen molar-refractivity contribution in [2.24, 2.45) is 5.73 Å². The molecule has 0 spiro atoms. The van der Waals surface area contributed by atoms with Crippen LogP contribution in [0.5, 0.6) is 0 Å². The molecule has 0 saturated heterocycles. The number of rotatable bonds is 5. The van der Waals surface area contributed by atoms with E-state index in [0.29, 0.717) is 0 Å². The average molecular weight is 200 g/mol. The van der Waals surface area contributed by atoms with Gasteiger partial charge in [0.05, 0.1) is 6.54 Å². The van der Waals surface area contributed by atoms with Gasteiger partial charge in [-0.3, -0.25) is 4.79 Å². The summed E-state index contributed by atoms with van der Waals surface area (Å²) in [5, 5.41) is 11.0. The molecular weight excluding hydrogens is 187 g/mol. The second-order valence-electron chi connectivity index (χ2n) is 2.59. The molecule has 0 aromatic heterocycles. The standard InChI is InChI=1S/C9H13FN2O2/c1-7(6-10)12-5-3-2-4-8(11)9(13)14/h8,12H,1,4-6,11H2,(H,13,14). The van der Waals surface area contributed by atoms with Crippen molar-refractivity contribution in [3.05, 3.63) is 12.3 Å². The first kappa shape index (κ1) is 12.5. The average Bonchev–Trinajstić information content (AvgIpc) is 2.16. The maximum absolute atomic E-state index is 11.8. The summed E-state index contributed by atoms with van der Waals surface area (Å²) in [4.78, 5) is 10.2. The normalized spacial score (nSPS) is 11.0. The van der Waals surface area contributed by atoms with Crippen molar-refractivity contribution in [3.8, 4) is 11.8 Å². The van der Waals surface area contributed by atoms with E-state index in [-0.39, 0.29) is 18.7 Å². The zero-order valence-corrected chi connectivity index (χ0v) is 7.72. The third-order valence-electron chi connectivity index (χ3n) is 1.35. The fourth-order valence-electron chi connectivity index (χ4n) is 0.548. The Morgan fingerprint density at radius 1 is 1.64 bits per heavy atom. The predicted molar refractivity (Wildman–Crippen MR) is 51.1 cm³/mol. The molecule has 0 aliphatic carbocycles. The smallest absolute Gasteiger partial charge is 0.321 e. The molecule has 0 aromatic rings. The predicted octanol–water partition coefficient (Wildman–Crippen LogP) is -0.135. The van der Waals surface area contributed by atoms with Gasteiger partial charge in [-0.25, -0.2) is 4.39 Å². The lowest BCUT2D eigenvalue weighted by Gasteiger charge is -2.00. The van der Waals surface area contributed by atoms with Crippen molar-refractivity contribution < 1.29 is 14.3 Å². The number of carboxylic acid groups (broad SMARTS) is 1. The largest absolute Gasteiger partial charge is 0.480 e. The van der Waals surface area contributed by atoms with Crippen LogP contribution in [0.25, 0.3) is 0 Å². The molecule has 1 unspecified atom stereocenters. The minimum atomic E-state index is -1.08. The second kappa shape index (κ2) is 6.92. The molecule has 0 radical (unpaired) electrons. The van der Waals surface area contributed by atoms with E-state index in [1.165, 1.54) is 0 Å². The van der Waals surface area contributed by atoms with E-state index in [1.807, 2.05) is 0 Å². The van der Waals surface area contributed by atoms with E-state index in [2.05, 4.69) is 23.7 Å². The molecule has 14 heavy (non-hydrogen) atoms. The van der Waals surface area contributed by atoms with Crippen LogP contribution in [0.4, 0.5) is 4.39 Å². The van der Waals surface area contributed by atoms with Gasteiger partial charge in [-0.05, 0) is 0 Å². The molecule has 78 valence electrons. The van der Waals surface area contributed by atoms with Crippen LogP contribution in [0, 0.1) is 11.8 Å². The Morgan fingerprint density at radius 2 is 2.29 bits per heavy atom. The Labute approximate surface area is 82.0 Å². The number of carboxylic acids is 1. The van der Waals surface area contributed by atoms with Gasteiger partial charge in [0.1, 0.15) is 12.7 Å². The van der Waals surface area contributed by atoms with E-state index in [4.69, 9.17) is 10.8 Å². The van der Waals surface area contributed by atoms with Crippen molar-refractivity contribution >= 4 is 5.97 Å². The van der Waals surface area contributed by atoms with Crippen LogP contribution in [0.1, 0.15) is 6.42 Å². The first-order chi connectivity index (χ1) is 6.57. The number of alkyl halides is 1. The monoisotopic (exact) mass is 200 g/mol. The highest BCUT2D eigenvalue weighted by Crippen LogP contribution is 1.85. The molecule has 0 rings (SSSR count). The summed E-state index contributed by atoms with van der Waals surface area (Å²) in [7, 11) is 0. The number of allylic oxidation sites excluding steroid dienone is 1. The number of nitrogens with two attached hydrogens (primary N) is 1. The van der Waals surface area contributed by atoms with Gasteiger partial charge >= 0.3 is 5.97 Å². The molecule has 0 aliphatic rings. The molecule has 0 amide bonds. The summed E-state index contributed by atoms with van der Waals surface area (Å²) in [6.45, 7) is 2.96. The number of nitrogens with one attached hydrogen (secondary N) is 1. The number of halogens is 1. The summed E-state index contributed by atoms with van der Waals surface area (Å²) in [6.07, 6.45) is 0.0825. The molecule has 0 heterocycles. The van der Waals surface area contributed by atoms with Gasteiger partial charge in [0.25, 0.3) is 0 Å². The summed E-state index contributed by atoms with van der Waals surface area (Å²) in [5.41, 5.74) is 5.44. The van der Waals surface area contributed by atoms with Crippen molar-refractivity contribution in [1.82, 2.24) is 5.32 Å². The topological polar surface area (TPSA) is 75.3 Å². The Balaban J connectivity index is 3.64. The lowest BCUT2D eigenvalue weighted by atomic mass is 10.2. The van der Waals surface area contributed by atoms with Gasteiger partial charge in [-0.2, -0.15) is 0 Å². The van der Waals surface area contributed by atoms with Crippen LogP contribution in [0.15, 0.2) is 12.3 Å². The highest BCUT2D eigenvalue weighted by atomic mass is 19.1. The van der Waals surface area contributed by atoms with Crippen molar-refractivity contribution in [2.75, 3.05) is 13.2 Å². The maximum atomic E-state index is 11.8. The quantitative estimate of drug-likeness (QED) is 0.540. The molecule has 4 nitrogen and oxygen atoms in total. The van der Waals surface area contributed by atoms with E-state index in [9.17, 15) is 9.18 Å². The molecule has 0 saturated carbocycles. The fourth-order valence-corrected chi connectivity index (χ4v) is 0.548. The van der Waals surface area contributed by atoms with Crippen molar-refractivity contribution in [1.29, 1.82) is 0 Å². The molecular formula is C9H13FN2O2. The van der Waals surface area contributed by atoms with Crippen LogP contribution in [0.2, 0.25) is 0 Å². The highest BCUT2D eigenvalue weighted by Gasteiger charge is 2.07. The maximum Gasteiger partial charge on any atom is 0.321 e. The SMILES string of the molecule is C=C(CF)NCC#CCC(N)C(=O)O. The Bertz CT molecular complexity index is 268. The van der Waals surface area contributed by atoms with Gasteiger partial charge in [-0.1, -0.05) is 18.4 Å². The highest BCUT2D eigenvalue weighted by molar-refractivity contribution is 5.73. The van der Waals surface area contributed by atoms with Crippen LogP contribution in [0.3, 0.4) is 0 Å². The molecule has 0 fully saturated rings. The van der Waals surface area contributed by atoms with E-state index >= 15 is 0 Å². The van der Waals surface area contributed by atoms with Crippen LogP contribution < -0.4 is 11.1 Å². The summed E-state index contributed by atoms with van der Waals surface area (Å²) in [5.74, 6) is 4.09. The molecule has 0 aliphatic heterocycles. The van der Waals surface area contributed by atoms with Crippen molar-refractivity contribution in [3.63, 3.8) is 0 Å². The van der Waals surface area contributed by atoms with Crippen molar-refractivity contribution in [2.45, 2.75) is 12.5 Å². The third kappa shape index (κ3) is 6.03. The zero-order valence-electron chi connectivity index (χ0n) is 7.72. The number of hydrogen-bond acceptors (Lipinski definition) is 3. The van der Waals surface area contributed by atoms with E-state index in [1.54, 1.807) is 0 Å². The van der Waals surface area contributed by atoms with Crippen LogP contribution in [-0.2, 0) is 4.79 Å². The van der Waals surface area contributed by atoms with E-state index < -0.39 is 18.7 Å².